The van der Waals surface area contributed by atoms with Gasteiger partial charge in [0.05, 0.1) is 5.69 Å². The number of aromatic nitrogens is 2. The van der Waals surface area contributed by atoms with Gasteiger partial charge in [-0.15, -0.1) is 0 Å². The van der Waals surface area contributed by atoms with E-state index in [1.165, 1.54) is 12.1 Å². The number of para-hydroxylation sites is 1. The fourth-order valence-electron chi connectivity index (χ4n) is 3.34. The van der Waals surface area contributed by atoms with Gasteiger partial charge in [-0.05, 0) is 37.6 Å². The largest absolute Gasteiger partial charge is 0.371 e. The molecule has 1 aromatic heterocycles. The molecule has 0 amide bonds. The smallest absolute Gasteiger partial charge is 0.128 e. The summed E-state index contributed by atoms with van der Waals surface area (Å²) in [7, 11) is 2.19. The van der Waals surface area contributed by atoms with Crippen LogP contribution in [0, 0.1) is 5.92 Å². The number of anilines is 1. The Morgan fingerprint density at radius 2 is 2.04 bits per heavy atom. The van der Waals surface area contributed by atoms with Crippen LogP contribution >= 0.6 is 0 Å². The van der Waals surface area contributed by atoms with Gasteiger partial charge in [-0.3, -0.25) is 0 Å². The van der Waals surface area contributed by atoms with E-state index >= 15 is 0 Å². The lowest BCUT2D eigenvalue weighted by Crippen LogP contribution is -2.28. The maximum atomic E-state index is 4.61. The lowest BCUT2D eigenvalue weighted by atomic mass is 10.1. The summed E-state index contributed by atoms with van der Waals surface area (Å²) in [6.45, 7) is 6.43. The van der Waals surface area contributed by atoms with E-state index in [-0.39, 0.29) is 0 Å². The fourth-order valence-corrected chi connectivity index (χ4v) is 3.34. The van der Waals surface area contributed by atoms with Crippen molar-refractivity contribution in [2.75, 3.05) is 31.6 Å². The molecule has 1 aliphatic rings. The van der Waals surface area contributed by atoms with Gasteiger partial charge in [-0.1, -0.05) is 25.1 Å². The van der Waals surface area contributed by atoms with Crippen LogP contribution in [0.25, 0.3) is 0 Å². The molecule has 1 unspecified atom stereocenters. The highest BCUT2D eigenvalue weighted by atomic mass is 15.2. The topological polar surface area (TPSA) is 32.3 Å². The molecule has 2 aromatic rings. The highest BCUT2D eigenvalue weighted by molar-refractivity contribution is 5.46. The lowest BCUT2D eigenvalue weighted by Gasteiger charge is -2.22. The normalized spacial score (nSPS) is 17.9. The van der Waals surface area contributed by atoms with Gasteiger partial charge < -0.3 is 9.80 Å². The maximum absolute atomic E-state index is 4.61. The average Bonchev–Trinajstić information content (AvgIpc) is 3.04. The Kier molecular flexibility index (Phi) is 5.23. The van der Waals surface area contributed by atoms with Crippen LogP contribution in [0.15, 0.2) is 42.6 Å². The van der Waals surface area contributed by atoms with E-state index in [9.17, 15) is 0 Å². The SMILES string of the molecule is CCc1nccc(CN(C)CC2CCN(c3ccccc3)C2)n1. The molecule has 0 saturated carbocycles. The molecule has 0 aliphatic carbocycles. The summed E-state index contributed by atoms with van der Waals surface area (Å²) in [4.78, 5) is 13.8. The van der Waals surface area contributed by atoms with Crippen molar-refractivity contribution < 1.29 is 0 Å². The molecule has 122 valence electrons. The summed E-state index contributed by atoms with van der Waals surface area (Å²) in [5.74, 6) is 1.67. The van der Waals surface area contributed by atoms with E-state index in [1.807, 2.05) is 12.3 Å². The lowest BCUT2D eigenvalue weighted by molar-refractivity contribution is 0.276. The summed E-state index contributed by atoms with van der Waals surface area (Å²) >= 11 is 0. The third kappa shape index (κ3) is 4.29. The molecule has 1 fully saturated rings. The number of benzene rings is 1. The van der Waals surface area contributed by atoms with Gasteiger partial charge in [-0.2, -0.15) is 0 Å². The summed E-state index contributed by atoms with van der Waals surface area (Å²) in [5, 5.41) is 0. The minimum absolute atomic E-state index is 0.729. The van der Waals surface area contributed by atoms with Gasteiger partial charge >= 0.3 is 0 Å². The summed E-state index contributed by atoms with van der Waals surface area (Å²) in [6, 6.07) is 12.8. The molecular weight excluding hydrogens is 284 g/mol. The van der Waals surface area contributed by atoms with Crippen molar-refractivity contribution in [3.8, 4) is 0 Å². The van der Waals surface area contributed by atoms with E-state index in [1.54, 1.807) is 0 Å². The summed E-state index contributed by atoms with van der Waals surface area (Å²) in [6.07, 6.45) is 4.04. The minimum Gasteiger partial charge on any atom is -0.371 e. The molecule has 0 radical (unpaired) electrons. The predicted octanol–water partition coefficient (Wildman–Crippen LogP) is 3.00. The zero-order valence-electron chi connectivity index (χ0n) is 14.2. The van der Waals surface area contributed by atoms with E-state index in [0.717, 1.165) is 50.0 Å². The van der Waals surface area contributed by atoms with Crippen LogP contribution in [0.3, 0.4) is 0 Å². The van der Waals surface area contributed by atoms with Gasteiger partial charge in [0.2, 0.25) is 0 Å². The Morgan fingerprint density at radius 1 is 1.22 bits per heavy atom. The highest BCUT2D eigenvalue weighted by Gasteiger charge is 2.23. The second-order valence-electron chi connectivity index (χ2n) is 6.45. The molecule has 1 aliphatic heterocycles. The van der Waals surface area contributed by atoms with Crippen LogP contribution < -0.4 is 4.90 Å². The molecule has 0 N–H and O–H groups in total. The Balaban J connectivity index is 1.51. The Hall–Kier alpha value is -1.94. The zero-order chi connectivity index (χ0) is 16.1. The second-order valence-corrected chi connectivity index (χ2v) is 6.45. The highest BCUT2D eigenvalue weighted by Crippen LogP contribution is 2.24. The Bertz CT molecular complexity index is 614. The van der Waals surface area contributed by atoms with Crippen LogP contribution in [0.2, 0.25) is 0 Å². The van der Waals surface area contributed by atoms with E-state index < -0.39 is 0 Å². The quantitative estimate of drug-likeness (QED) is 0.821. The Labute approximate surface area is 139 Å². The number of rotatable bonds is 6. The third-order valence-corrected chi connectivity index (χ3v) is 4.49. The zero-order valence-corrected chi connectivity index (χ0v) is 14.2. The van der Waals surface area contributed by atoms with Gasteiger partial charge in [0.1, 0.15) is 5.82 Å². The molecule has 2 heterocycles. The predicted molar refractivity (Wildman–Crippen MR) is 94.5 cm³/mol. The van der Waals surface area contributed by atoms with Crippen LogP contribution in [0.5, 0.6) is 0 Å². The minimum atomic E-state index is 0.729. The van der Waals surface area contributed by atoms with Crippen LogP contribution in [0.4, 0.5) is 5.69 Å². The molecule has 1 atom stereocenters. The number of nitrogens with zero attached hydrogens (tertiary/aromatic N) is 4. The van der Waals surface area contributed by atoms with Crippen molar-refractivity contribution in [3.63, 3.8) is 0 Å². The second kappa shape index (κ2) is 7.55. The Morgan fingerprint density at radius 3 is 2.83 bits per heavy atom. The first-order valence-corrected chi connectivity index (χ1v) is 8.54. The van der Waals surface area contributed by atoms with Gasteiger partial charge in [0, 0.05) is 44.5 Å². The molecule has 0 bridgehead atoms. The molecule has 1 aromatic carbocycles. The van der Waals surface area contributed by atoms with Crippen molar-refractivity contribution in [2.45, 2.75) is 26.3 Å². The van der Waals surface area contributed by atoms with Crippen molar-refractivity contribution in [1.82, 2.24) is 14.9 Å². The van der Waals surface area contributed by atoms with Crippen LogP contribution in [-0.2, 0) is 13.0 Å². The standard InChI is InChI=1S/C19H26N4/c1-3-19-20-11-9-17(21-19)15-22(2)13-16-10-12-23(14-16)18-7-5-4-6-8-18/h4-9,11,16H,3,10,12-15H2,1-2H3. The molecule has 3 rings (SSSR count). The van der Waals surface area contributed by atoms with E-state index in [4.69, 9.17) is 0 Å². The van der Waals surface area contributed by atoms with E-state index in [0.29, 0.717) is 0 Å². The van der Waals surface area contributed by atoms with Crippen LogP contribution in [-0.4, -0.2) is 41.5 Å². The monoisotopic (exact) mass is 310 g/mol. The molecule has 4 nitrogen and oxygen atoms in total. The average molecular weight is 310 g/mol. The molecule has 4 heteroatoms. The fraction of sp³-hybridized carbons (Fsp3) is 0.474. The van der Waals surface area contributed by atoms with Gasteiger partial charge in [0.15, 0.2) is 0 Å². The maximum Gasteiger partial charge on any atom is 0.128 e. The molecular formula is C19H26N4. The van der Waals surface area contributed by atoms with Crippen molar-refractivity contribution >= 4 is 5.69 Å². The first kappa shape index (κ1) is 15.9. The number of aryl methyl sites for hydroxylation is 1. The molecule has 23 heavy (non-hydrogen) atoms. The molecule has 1 saturated heterocycles. The van der Waals surface area contributed by atoms with Crippen molar-refractivity contribution in [3.05, 3.63) is 54.1 Å². The number of hydrogen-bond acceptors (Lipinski definition) is 4. The first-order chi connectivity index (χ1) is 11.2. The summed E-state index contributed by atoms with van der Waals surface area (Å²) in [5.41, 5.74) is 2.47. The van der Waals surface area contributed by atoms with Crippen molar-refractivity contribution in [1.29, 1.82) is 0 Å². The summed E-state index contributed by atoms with van der Waals surface area (Å²) < 4.78 is 0. The van der Waals surface area contributed by atoms with Crippen LogP contribution in [0.1, 0.15) is 24.9 Å². The first-order valence-electron chi connectivity index (χ1n) is 8.54. The van der Waals surface area contributed by atoms with Crippen molar-refractivity contribution in [2.24, 2.45) is 5.92 Å². The van der Waals surface area contributed by atoms with Gasteiger partial charge in [0.25, 0.3) is 0 Å². The molecule has 0 spiro atoms. The van der Waals surface area contributed by atoms with E-state index in [2.05, 4.69) is 64.1 Å². The number of hydrogen-bond donors (Lipinski definition) is 0. The van der Waals surface area contributed by atoms with Gasteiger partial charge in [-0.25, -0.2) is 9.97 Å². The third-order valence-electron chi connectivity index (χ3n) is 4.49.